The van der Waals surface area contributed by atoms with Crippen molar-refractivity contribution >= 4 is 40.8 Å². The Hall–Kier alpha value is -3.24. The molecule has 3 N–H and O–H groups in total. The van der Waals surface area contributed by atoms with Gasteiger partial charge in [0.15, 0.2) is 0 Å². The van der Waals surface area contributed by atoms with E-state index in [1.54, 1.807) is 37.5 Å². The van der Waals surface area contributed by atoms with Gasteiger partial charge in [0.25, 0.3) is 0 Å². The largest absolute Gasteiger partial charge is 0.336 e. The van der Waals surface area contributed by atoms with E-state index in [9.17, 15) is 9.59 Å². The van der Waals surface area contributed by atoms with Gasteiger partial charge in [-0.3, -0.25) is 10.1 Å². The van der Waals surface area contributed by atoms with E-state index in [0.29, 0.717) is 15.7 Å². The molecule has 1 heterocycles. The number of benzene rings is 2. The second kappa shape index (κ2) is 11.7. The fourth-order valence-electron chi connectivity index (χ4n) is 3.42. The van der Waals surface area contributed by atoms with Crippen LogP contribution in [0.15, 0.2) is 61.2 Å². The van der Waals surface area contributed by atoms with Gasteiger partial charge in [-0.2, -0.15) is 0 Å². The molecule has 9 nitrogen and oxygen atoms in total. The lowest BCUT2D eigenvalue weighted by molar-refractivity contribution is -0.205. The molecule has 3 amide bonds. The summed E-state index contributed by atoms with van der Waals surface area (Å²) in [5.41, 5.74) is 1.58. The van der Waals surface area contributed by atoms with Gasteiger partial charge in [0, 0.05) is 61.3 Å². The number of carbonyl (C=O) groups excluding carboxylic acids is 2. The highest BCUT2D eigenvalue weighted by atomic mass is 35.5. The normalized spacial score (nSPS) is 12.9. The first-order valence-electron chi connectivity index (χ1n) is 10.9. The molecule has 1 atom stereocenters. The van der Waals surface area contributed by atoms with Gasteiger partial charge in [0.1, 0.15) is 11.9 Å². The predicted octanol–water partition coefficient (Wildman–Crippen LogP) is 4.66. The molecule has 0 aliphatic rings. The monoisotopic (exact) mass is 531 g/mol. The van der Waals surface area contributed by atoms with Crippen molar-refractivity contribution in [3.63, 3.8) is 0 Å². The number of anilines is 1. The van der Waals surface area contributed by atoms with E-state index in [1.165, 1.54) is 27.5 Å². The van der Waals surface area contributed by atoms with Crippen molar-refractivity contribution in [1.82, 2.24) is 20.6 Å². The number of hydrogen-bond acceptors (Lipinski definition) is 6. The number of rotatable bonds is 9. The maximum absolute atomic E-state index is 13.5. The number of amides is 3. The van der Waals surface area contributed by atoms with Crippen LogP contribution in [0.3, 0.4) is 0 Å². The molecule has 11 heteroatoms. The van der Waals surface area contributed by atoms with Crippen molar-refractivity contribution in [2.45, 2.75) is 31.7 Å². The molecule has 0 unspecified atom stereocenters. The van der Waals surface area contributed by atoms with Crippen LogP contribution in [0.25, 0.3) is 11.1 Å². The summed E-state index contributed by atoms with van der Waals surface area (Å²) < 4.78 is 10.4. The Balaban J connectivity index is 1.87. The molecule has 0 radical (unpaired) electrons. The molecule has 0 spiro atoms. The number of halogens is 2. The summed E-state index contributed by atoms with van der Waals surface area (Å²) in [6, 6.07) is 11.6. The molecule has 2 aromatic carbocycles. The van der Waals surface area contributed by atoms with Crippen LogP contribution in [-0.2, 0) is 20.7 Å². The topological polar surface area (TPSA) is 114 Å². The average Bonchev–Trinajstić information content (AvgIpc) is 2.84. The van der Waals surface area contributed by atoms with Crippen LogP contribution in [0, 0.1) is 0 Å². The Labute approximate surface area is 219 Å². The molecule has 1 aromatic heterocycles. The quantitative estimate of drug-likeness (QED) is 0.346. The van der Waals surface area contributed by atoms with E-state index in [4.69, 9.17) is 32.7 Å². The van der Waals surface area contributed by atoms with E-state index in [1.807, 2.05) is 24.3 Å². The van der Waals surface area contributed by atoms with Crippen LogP contribution in [-0.4, -0.2) is 47.6 Å². The highest BCUT2D eigenvalue weighted by molar-refractivity contribution is 6.35. The smallest absolute Gasteiger partial charge is 0.319 e. The zero-order valence-electron chi connectivity index (χ0n) is 20.3. The highest BCUT2D eigenvalue weighted by Gasteiger charge is 2.37. The highest BCUT2D eigenvalue weighted by Crippen LogP contribution is 2.25. The van der Waals surface area contributed by atoms with E-state index >= 15 is 0 Å². The van der Waals surface area contributed by atoms with Gasteiger partial charge in [0.2, 0.25) is 11.8 Å². The first-order chi connectivity index (χ1) is 17.1. The minimum absolute atomic E-state index is 0.169. The van der Waals surface area contributed by atoms with Crippen molar-refractivity contribution in [3.8, 4) is 11.1 Å². The first kappa shape index (κ1) is 27.3. The number of ether oxygens (including phenoxy) is 2. The minimum atomic E-state index is -1.39. The van der Waals surface area contributed by atoms with Crippen molar-refractivity contribution in [2.75, 3.05) is 19.5 Å². The zero-order valence-corrected chi connectivity index (χ0v) is 21.8. The van der Waals surface area contributed by atoms with Crippen molar-refractivity contribution < 1.29 is 19.1 Å². The standard InChI is InChI=1S/C25H27Cl2N5O4/c1-24(31-23(34)32-25(2,35-3)36-4,22(33)30-21-10-19(26)9-20(27)11-21)12-16-5-7-17(8-6-16)18-13-28-15-29-14-18/h5-11,13-15H,12H2,1-4H3,(H,30,33)(H2,31,32,34)/t24-/m1/s1. The summed E-state index contributed by atoms with van der Waals surface area (Å²) in [5, 5.41) is 8.84. The van der Waals surface area contributed by atoms with Gasteiger partial charge < -0.3 is 20.1 Å². The Bertz CT molecular complexity index is 1190. The fraction of sp³-hybridized carbons (Fsp3) is 0.280. The third-order valence-electron chi connectivity index (χ3n) is 5.54. The molecule has 0 fully saturated rings. The molecule has 0 bridgehead atoms. The second-order valence-electron chi connectivity index (χ2n) is 8.38. The summed E-state index contributed by atoms with van der Waals surface area (Å²) in [6.45, 7) is 3.15. The van der Waals surface area contributed by atoms with Crippen molar-refractivity contribution in [1.29, 1.82) is 0 Å². The number of aromatic nitrogens is 2. The maximum atomic E-state index is 13.5. The van der Waals surface area contributed by atoms with E-state index < -0.39 is 23.4 Å². The SMILES string of the molecule is COC(C)(NC(=O)N[C@](C)(Cc1ccc(-c2cncnc2)cc1)C(=O)Nc1cc(Cl)cc(Cl)c1)OC. The molecule has 0 saturated carbocycles. The van der Waals surface area contributed by atoms with E-state index in [0.717, 1.165) is 16.7 Å². The van der Waals surface area contributed by atoms with Gasteiger partial charge in [0.05, 0.1) is 0 Å². The van der Waals surface area contributed by atoms with E-state index in [2.05, 4.69) is 25.9 Å². The van der Waals surface area contributed by atoms with Crippen molar-refractivity contribution in [3.05, 3.63) is 76.8 Å². The molecular weight excluding hydrogens is 505 g/mol. The van der Waals surface area contributed by atoms with Gasteiger partial charge >= 0.3 is 6.03 Å². The number of urea groups is 1. The molecule has 36 heavy (non-hydrogen) atoms. The molecule has 190 valence electrons. The molecule has 3 rings (SSSR count). The summed E-state index contributed by atoms with van der Waals surface area (Å²) in [7, 11) is 2.77. The molecule has 0 aliphatic carbocycles. The molecule has 0 aliphatic heterocycles. The summed E-state index contributed by atoms with van der Waals surface area (Å²) >= 11 is 12.2. The lowest BCUT2D eigenvalue weighted by Crippen LogP contribution is -2.62. The lowest BCUT2D eigenvalue weighted by Gasteiger charge is -2.33. The van der Waals surface area contributed by atoms with Crippen LogP contribution >= 0.6 is 23.2 Å². The molecular formula is C25H27Cl2N5O4. The Morgan fingerprint density at radius 3 is 2.03 bits per heavy atom. The summed E-state index contributed by atoms with van der Waals surface area (Å²) in [5.74, 6) is -1.87. The summed E-state index contributed by atoms with van der Waals surface area (Å²) in [6.07, 6.45) is 5.06. The second-order valence-corrected chi connectivity index (χ2v) is 9.25. The van der Waals surface area contributed by atoms with Gasteiger partial charge in [-0.1, -0.05) is 47.5 Å². The van der Waals surface area contributed by atoms with Crippen LogP contribution in [0.5, 0.6) is 0 Å². The van der Waals surface area contributed by atoms with Crippen LogP contribution in [0.1, 0.15) is 19.4 Å². The van der Waals surface area contributed by atoms with Gasteiger partial charge in [-0.25, -0.2) is 14.8 Å². The minimum Gasteiger partial charge on any atom is -0.336 e. The van der Waals surface area contributed by atoms with Crippen molar-refractivity contribution in [2.24, 2.45) is 0 Å². The Kier molecular flexibility index (Phi) is 8.86. The number of carbonyl (C=O) groups is 2. The Morgan fingerprint density at radius 2 is 1.47 bits per heavy atom. The Morgan fingerprint density at radius 1 is 0.889 bits per heavy atom. The van der Waals surface area contributed by atoms with Gasteiger partial charge in [-0.05, 0) is 36.2 Å². The van der Waals surface area contributed by atoms with Crippen LogP contribution < -0.4 is 16.0 Å². The summed E-state index contributed by atoms with van der Waals surface area (Å²) in [4.78, 5) is 34.4. The number of hydrogen-bond donors (Lipinski definition) is 3. The van der Waals surface area contributed by atoms with Crippen LogP contribution in [0.4, 0.5) is 10.5 Å². The fourth-order valence-corrected chi connectivity index (χ4v) is 3.95. The number of nitrogens with one attached hydrogen (secondary N) is 3. The van der Waals surface area contributed by atoms with E-state index in [-0.39, 0.29) is 6.42 Å². The maximum Gasteiger partial charge on any atom is 0.319 e. The number of nitrogens with zero attached hydrogens (tertiary/aromatic N) is 2. The first-order valence-corrected chi connectivity index (χ1v) is 11.6. The third-order valence-corrected chi connectivity index (χ3v) is 5.97. The average molecular weight is 532 g/mol. The zero-order chi connectivity index (χ0) is 26.3. The van der Waals surface area contributed by atoms with Crippen LogP contribution in [0.2, 0.25) is 10.0 Å². The predicted molar refractivity (Wildman–Crippen MR) is 139 cm³/mol. The lowest BCUT2D eigenvalue weighted by atomic mass is 9.90. The molecule has 0 saturated heterocycles. The van der Waals surface area contributed by atoms with Gasteiger partial charge in [-0.15, -0.1) is 0 Å². The molecule has 3 aromatic rings. The number of methoxy groups -OCH3 is 2. The third kappa shape index (κ3) is 7.14.